The van der Waals surface area contributed by atoms with E-state index in [9.17, 15) is 29.1 Å². The molecule has 0 heterocycles. The summed E-state index contributed by atoms with van der Waals surface area (Å²) in [5.74, 6) is -2.67. The minimum absolute atomic E-state index is 0.0396. The molecule has 0 bridgehead atoms. The van der Waals surface area contributed by atoms with Gasteiger partial charge in [-0.3, -0.25) is 19.2 Å². The lowest BCUT2D eigenvalue weighted by Gasteiger charge is -2.34. The van der Waals surface area contributed by atoms with Crippen molar-refractivity contribution < 1.29 is 38.6 Å². The van der Waals surface area contributed by atoms with E-state index in [0.717, 1.165) is 32.1 Å². The molecular weight excluding hydrogens is 532 g/mol. The Morgan fingerprint density at radius 3 is 2.17 bits per heavy atom. The van der Waals surface area contributed by atoms with Gasteiger partial charge in [-0.15, -0.1) is 0 Å². The van der Waals surface area contributed by atoms with Crippen molar-refractivity contribution in [2.75, 3.05) is 20.2 Å². The van der Waals surface area contributed by atoms with Crippen LogP contribution in [0.15, 0.2) is 24.3 Å². The molecule has 0 radical (unpaired) electrons. The van der Waals surface area contributed by atoms with Crippen molar-refractivity contribution in [1.82, 2.24) is 15.5 Å². The average molecular weight is 579 g/mol. The number of nitrogens with zero attached hydrogens (tertiary/aromatic N) is 1. The average Bonchev–Trinajstić information content (AvgIpc) is 2.90. The molecule has 1 aromatic carbocycles. The second kappa shape index (κ2) is 17.8. The van der Waals surface area contributed by atoms with Gasteiger partial charge in [0.25, 0.3) is 0 Å². The molecule has 5 N–H and O–H groups in total. The number of phenols is 1. The molecule has 0 spiro atoms. The summed E-state index contributed by atoms with van der Waals surface area (Å²) in [4.78, 5) is 64.9. The summed E-state index contributed by atoms with van der Waals surface area (Å²) < 4.78 is 9.95. The van der Waals surface area contributed by atoms with E-state index < -0.39 is 54.0 Å². The Morgan fingerprint density at radius 1 is 1.00 bits per heavy atom. The summed E-state index contributed by atoms with van der Waals surface area (Å²) >= 11 is 0. The van der Waals surface area contributed by atoms with Gasteiger partial charge in [-0.25, -0.2) is 4.79 Å². The highest BCUT2D eigenvalue weighted by atomic mass is 16.6. The van der Waals surface area contributed by atoms with Gasteiger partial charge in [0, 0.05) is 13.0 Å². The first kappa shape index (κ1) is 35.2. The van der Waals surface area contributed by atoms with Crippen LogP contribution in [0.3, 0.4) is 0 Å². The summed E-state index contributed by atoms with van der Waals surface area (Å²) in [6.45, 7) is 6.84. The standard InChI is InChI=1S/C29H46N4O8/c1-6-7-8-9-10-11-18-33(27(38)22(16-17-23(30)35)32-28(39)41-29(2,3)4)25(20-12-14-21(34)15-13-20)26(37)31-19-24(36)40-5/h12-15,22,25,34H,6-11,16-19H2,1-5H3,(H2,30,35)(H,31,37)(H,32,39). The quantitative estimate of drug-likeness (QED) is 0.161. The van der Waals surface area contributed by atoms with Crippen LogP contribution in [0.25, 0.3) is 0 Å². The number of carbonyl (C=O) groups is 5. The van der Waals surface area contributed by atoms with Crippen molar-refractivity contribution in [3.63, 3.8) is 0 Å². The number of carbonyl (C=O) groups excluding carboxylic acids is 5. The van der Waals surface area contributed by atoms with Crippen LogP contribution in [0.4, 0.5) is 4.79 Å². The van der Waals surface area contributed by atoms with Crippen molar-refractivity contribution in [3.05, 3.63) is 29.8 Å². The molecule has 0 saturated carbocycles. The maximum Gasteiger partial charge on any atom is 0.408 e. The van der Waals surface area contributed by atoms with E-state index in [2.05, 4.69) is 22.3 Å². The number of methoxy groups -OCH3 is 1. The molecule has 0 aromatic heterocycles. The highest BCUT2D eigenvalue weighted by Gasteiger charge is 2.36. The van der Waals surface area contributed by atoms with Gasteiger partial charge in [0.15, 0.2) is 0 Å². The van der Waals surface area contributed by atoms with E-state index in [1.165, 1.54) is 36.3 Å². The molecule has 2 atom stereocenters. The number of ether oxygens (including phenoxy) is 2. The predicted molar refractivity (Wildman–Crippen MR) is 153 cm³/mol. The molecule has 12 heteroatoms. The van der Waals surface area contributed by atoms with Gasteiger partial charge in [0.1, 0.15) is 30.0 Å². The summed E-state index contributed by atoms with van der Waals surface area (Å²) in [6.07, 6.45) is 4.31. The largest absolute Gasteiger partial charge is 0.508 e. The van der Waals surface area contributed by atoms with Crippen molar-refractivity contribution >= 4 is 29.8 Å². The van der Waals surface area contributed by atoms with Crippen LogP contribution in [0.5, 0.6) is 5.75 Å². The number of phenolic OH excluding ortho intramolecular Hbond substituents is 1. The Kier molecular flexibility index (Phi) is 15.3. The number of esters is 1. The smallest absolute Gasteiger partial charge is 0.408 e. The Morgan fingerprint density at radius 2 is 1.61 bits per heavy atom. The topological polar surface area (TPSA) is 177 Å². The van der Waals surface area contributed by atoms with E-state index in [1.54, 1.807) is 20.8 Å². The minimum atomic E-state index is -1.23. The van der Waals surface area contributed by atoms with Crippen LogP contribution in [-0.4, -0.2) is 71.6 Å². The van der Waals surface area contributed by atoms with E-state index in [-0.39, 0.29) is 25.1 Å². The second-order valence-corrected chi connectivity index (χ2v) is 10.8. The van der Waals surface area contributed by atoms with Crippen LogP contribution in [0, 0.1) is 0 Å². The number of primary amides is 1. The molecule has 41 heavy (non-hydrogen) atoms. The summed E-state index contributed by atoms with van der Waals surface area (Å²) in [5.41, 5.74) is 4.87. The first-order valence-electron chi connectivity index (χ1n) is 14.0. The third kappa shape index (κ3) is 13.9. The summed E-state index contributed by atoms with van der Waals surface area (Å²) in [5, 5.41) is 14.9. The van der Waals surface area contributed by atoms with Crippen molar-refractivity contribution in [2.24, 2.45) is 5.73 Å². The van der Waals surface area contributed by atoms with Gasteiger partial charge < -0.3 is 35.8 Å². The lowest BCUT2D eigenvalue weighted by molar-refractivity contribution is -0.145. The first-order chi connectivity index (χ1) is 19.3. The molecule has 4 amide bonds. The fourth-order valence-corrected chi connectivity index (χ4v) is 4.08. The third-order valence-corrected chi connectivity index (χ3v) is 6.11. The highest BCUT2D eigenvalue weighted by Crippen LogP contribution is 2.26. The molecule has 1 aromatic rings. The number of amides is 4. The monoisotopic (exact) mass is 578 g/mol. The van der Waals surface area contributed by atoms with Gasteiger partial charge in [-0.1, -0.05) is 51.2 Å². The molecule has 2 unspecified atom stereocenters. The van der Waals surface area contributed by atoms with Crippen LogP contribution in [0.1, 0.15) is 90.7 Å². The number of hydrogen-bond acceptors (Lipinski definition) is 8. The first-order valence-corrected chi connectivity index (χ1v) is 14.0. The van der Waals surface area contributed by atoms with Crippen LogP contribution in [0.2, 0.25) is 0 Å². The zero-order valence-corrected chi connectivity index (χ0v) is 24.9. The molecule has 0 fully saturated rings. The summed E-state index contributed by atoms with van der Waals surface area (Å²) in [7, 11) is 1.19. The van der Waals surface area contributed by atoms with Gasteiger partial charge in [0.2, 0.25) is 17.7 Å². The molecule has 0 saturated heterocycles. The Balaban J connectivity index is 3.46. The SMILES string of the molecule is CCCCCCCCN(C(=O)C(CCC(N)=O)NC(=O)OC(C)(C)C)C(C(=O)NCC(=O)OC)c1ccc(O)cc1. The molecule has 0 aliphatic carbocycles. The molecule has 0 aliphatic heterocycles. The van der Waals surface area contributed by atoms with Crippen molar-refractivity contribution in [2.45, 2.75) is 96.7 Å². The number of rotatable bonds is 17. The maximum atomic E-state index is 14.1. The number of nitrogens with two attached hydrogens (primary N) is 1. The second-order valence-electron chi connectivity index (χ2n) is 10.8. The number of alkyl carbamates (subject to hydrolysis) is 1. The summed E-state index contributed by atoms with van der Waals surface area (Å²) in [6, 6.07) is 3.31. The number of aromatic hydroxyl groups is 1. The van der Waals surface area contributed by atoms with Crippen LogP contribution < -0.4 is 16.4 Å². The zero-order valence-electron chi connectivity index (χ0n) is 24.9. The van der Waals surface area contributed by atoms with Gasteiger partial charge in [-0.05, 0) is 51.3 Å². The Bertz CT molecular complexity index is 1010. The lowest BCUT2D eigenvalue weighted by atomic mass is 10.0. The van der Waals surface area contributed by atoms with Gasteiger partial charge in [-0.2, -0.15) is 0 Å². The molecule has 12 nitrogen and oxygen atoms in total. The zero-order chi connectivity index (χ0) is 31.0. The minimum Gasteiger partial charge on any atom is -0.508 e. The van der Waals surface area contributed by atoms with Gasteiger partial charge >= 0.3 is 12.1 Å². The number of nitrogens with one attached hydrogen (secondary N) is 2. The number of hydrogen-bond donors (Lipinski definition) is 4. The van der Waals surface area contributed by atoms with E-state index in [4.69, 9.17) is 10.5 Å². The fraction of sp³-hybridized carbons (Fsp3) is 0.621. The van der Waals surface area contributed by atoms with E-state index in [1.807, 2.05) is 0 Å². The molecule has 230 valence electrons. The Labute approximate surface area is 242 Å². The normalized spacial score (nSPS) is 12.5. The fourth-order valence-electron chi connectivity index (χ4n) is 4.08. The number of unbranched alkanes of at least 4 members (excludes halogenated alkanes) is 5. The van der Waals surface area contributed by atoms with Crippen LogP contribution >= 0.6 is 0 Å². The molecular formula is C29H46N4O8. The van der Waals surface area contributed by atoms with Crippen LogP contribution in [-0.2, 0) is 28.7 Å². The lowest BCUT2D eigenvalue weighted by Crippen LogP contribution is -2.53. The van der Waals surface area contributed by atoms with Crippen molar-refractivity contribution in [3.8, 4) is 5.75 Å². The van der Waals surface area contributed by atoms with Crippen molar-refractivity contribution in [1.29, 1.82) is 0 Å². The van der Waals surface area contributed by atoms with E-state index >= 15 is 0 Å². The third-order valence-electron chi connectivity index (χ3n) is 6.11. The van der Waals surface area contributed by atoms with Gasteiger partial charge in [0.05, 0.1) is 7.11 Å². The predicted octanol–water partition coefficient (Wildman–Crippen LogP) is 3.07. The Hall–Kier alpha value is -3.83. The van der Waals surface area contributed by atoms with E-state index in [0.29, 0.717) is 12.0 Å². The molecule has 0 aliphatic rings. The number of benzene rings is 1. The highest BCUT2D eigenvalue weighted by molar-refractivity contribution is 5.93. The maximum absolute atomic E-state index is 14.1. The molecule has 1 rings (SSSR count).